The number of aldehydes is 1. The summed E-state index contributed by atoms with van der Waals surface area (Å²) in [5.74, 6) is 0.969. The molecule has 1 aromatic rings. The Bertz CT molecular complexity index is 352. The summed E-state index contributed by atoms with van der Waals surface area (Å²) >= 11 is 0. The molecule has 0 fully saturated rings. The third kappa shape index (κ3) is 2.45. The summed E-state index contributed by atoms with van der Waals surface area (Å²) in [5, 5.41) is 8.63. The Morgan fingerprint density at radius 2 is 2.13 bits per heavy atom. The van der Waals surface area contributed by atoms with Crippen molar-refractivity contribution in [3.8, 4) is 11.5 Å². The number of hydrogen-bond donors (Lipinski definition) is 2. The van der Waals surface area contributed by atoms with Crippen LogP contribution >= 0.6 is 0 Å². The van der Waals surface area contributed by atoms with Crippen molar-refractivity contribution < 1.29 is 19.5 Å². The normalized spacial score (nSPS) is 9.80. The molecule has 0 heterocycles. The lowest BCUT2D eigenvalue weighted by Crippen LogP contribution is -2.08. The van der Waals surface area contributed by atoms with Gasteiger partial charge in [-0.3, -0.25) is 4.79 Å². The topological polar surface area (TPSA) is 67.8 Å². The Morgan fingerprint density at radius 1 is 1.40 bits per heavy atom. The van der Waals surface area contributed by atoms with Crippen LogP contribution in [0, 0.1) is 0 Å². The van der Waals surface area contributed by atoms with Crippen LogP contribution in [0.2, 0.25) is 0 Å². The zero-order chi connectivity index (χ0) is 11.3. The van der Waals surface area contributed by atoms with Gasteiger partial charge in [-0.05, 0) is 12.1 Å². The number of methoxy groups -OCH3 is 2. The van der Waals surface area contributed by atoms with E-state index in [1.807, 2.05) is 5.48 Å². The van der Waals surface area contributed by atoms with E-state index in [-0.39, 0.29) is 6.54 Å². The highest BCUT2D eigenvalue weighted by Gasteiger charge is 2.11. The van der Waals surface area contributed by atoms with Gasteiger partial charge in [0.25, 0.3) is 0 Å². The van der Waals surface area contributed by atoms with E-state index in [1.165, 1.54) is 14.2 Å². The van der Waals surface area contributed by atoms with Gasteiger partial charge in [-0.25, -0.2) is 5.48 Å². The van der Waals surface area contributed by atoms with Gasteiger partial charge in [0.2, 0.25) is 0 Å². The molecule has 1 aromatic carbocycles. The molecule has 0 saturated heterocycles. The van der Waals surface area contributed by atoms with Gasteiger partial charge in [0.1, 0.15) is 6.29 Å². The molecule has 0 bridgehead atoms. The molecule has 0 aliphatic rings. The Morgan fingerprint density at radius 3 is 2.60 bits per heavy atom. The van der Waals surface area contributed by atoms with Crippen molar-refractivity contribution in [2.24, 2.45) is 0 Å². The predicted octanol–water partition coefficient (Wildman–Crippen LogP) is 0.995. The standard InChI is InChI=1S/C10H13NO4/c1-14-9-4-7(6-12)3-8(5-11-13)10(9)15-2/h3-4,6,11,13H,5H2,1-2H3. The van der Waals surface area contributed by atoms with E-state index in [0.717, 1.165) is 0 Å². The molecule has 15 heavy (non-hydrogen) atoms. The fourth-order valence-electron chi connectivity index (χ4n) is 1.35. The summed E-state index contributed by atoms with van der Waals surface area (Å²) < 4.78 is 10.2. The first kappa shape index (κ1) is 11.5. The highest BCUT2D eigenvalue weighted by molar-refractivity contribution is 5.77. The summed E-state index contributed by atoms with van der Waals surface area (Å²) in [7, 11) is 2.99. The van der Waals surface area contributed by atoms with Crippen LogP contribution in [-0.4, -0.2) is 25.7 Å². The van der Waals surface area contributed by atoms with Gasteiger partial charge in [0.15, 0.2) is 11.5 Å². The first-order chi connectivity index (χ1) is 7.26. The van der Waals surface area contributed by atoms with Crippen molar-refractivity contribution in [1.29, 1.82) is 0 Å². The Hall–Kier alpha value is -1.59. The van der Waals surface area contributed by atoms with Crippen LogP contribution in [0.15, 0.2) is 12.1 Å². The molecule has 0 atom stereocenters. The van der Waals surface area contributed by atoms with E-state index in [0.29, 0.717) is 28.9 Å². The first-order valence-corrected chi connectivity index (χ1v) is 4.33. The second-order valence-corrected chi connectivity index (χ2v) is 2.87. The van der Waals surface area contributed by atoms with Crippen LogP contribution in [0.5, 0.6) is 11.5 Å². The summed E-state index contributed by atoms with van der Waals surface area (Å²) in [4.78, 5) is 10.7. The zero-order valence-corrected chi connectivity index (χ0v) is 8.61. The molecule has 0 aliphatic heterocycles. The highest BCUT2D eigenvalue weighted by atomic mass is 16.5. The number of carbonyl (C=O) groups excluding carboxylic acids is 1. The number of rotatable bonds is 5. The van der Waals surface area contributed by atoms with Gasteiger partial charge in [-0.2, -0.15) is 0 Å². The molecule has 0 aromatic heterocycles. The molecule has 0 unspecified atom stereocenters. The molecule has 2 N–H and O–H groups in total. The second-order valence-electron chi connectivity index (χ2n) is 2.87. The Kier molecular flexibility index (Phi) is 4.08. The van der Waals surface area contributed by atoms with Gasteiger partial charge < -0.3 is 14.7 Å². The van der Waals surface area contributed by atoms with Gasteiger partial charge in [0, 0.05) is 17.7 Å². The fraction of sp³-hybridized carbons (Fsp3) is 0.300. The van der Waals surface area contributed by atoms with E-state index in [4.69, 9.17) is 14.7 Å². The maximum Gasteiger partial charge on any atom is 0.165 e. The molecule has 5 heteroatoms. The number of carbonyl (C=O) groups is 1. The third-order valence-corrected chi connectivity index (χ3v) is 1.98. The fourth-order valence-corrected chi connectivity index (χ4v) is 1.35. The van der Waals surface area contributed by atoms with E-state index in [2.05, 4.69) is 0 Å². The number of hydroxylamine groups is 1. The highest BCUT2D eigenvalue weighted by Crippen LogP contribution is 2.32. The van der Waals surface area contributed by atoms with Crippen LogP contribution in [0.3, 0.4) is 0 Å². The number of benzene rings is 1. The van der Waals surface area contributed by atoms with E-state index in [1.54, 1.807) is 12.1 Å². The Balaban J connectivity index is 3.25. The van der Waals surface area contributed by atoms with Gasteiger partial charge >= 0.3 is 0 Å². The van der Waals surface area contributed by atoms with Crippen molar-refractivity contribution in [3.63, 3.8) is 0 Å². The van der Waals surface area contributed by atoms with Crippen molar-refractivity contribution in [1.82, 2.24) is 5.48 Å². The van der Waals surface area contributed by atoms with Crippen molar-refractivity contribution in [2.45, 2.75) is 6.54 Å². The lowest BCUT2D eigenvalue weighted by molar-refractivity contribution is 0.112. The number of ether oxygens (including phenoxy) is 2. The Labute approximate surface area is 87.6 Å². The summed E-state index contributed by atoms with van der Waals surface area (Å²) in [5.41, 5.74) is 3.13. The van der Waals surface area contributed by atoms with Crippen LogP contribution < -0.4 is 15.0 Å². The van der Waals surface area contributed by atoms with Crippen LogP contribution in [-0.2, 0) is 6.54 Å². The summed E-state index contributed by atoms with van der Waals surface area (Å²) in [6, 6.07) is 3.20. The SMILES string of the molecule is COc1cc(C=O)cc(CNO)c1OC. The lowest BCUT2D eigenvalue weighted by Gasteiger charge is -2.12. The summed E-state index contributed by atoms with van der Waals surface area (Å²) in [6.45, 7) is 0.182. The van der Waals surface area contributed by atoms with Crippen molar-refractivity contribution in [3.05, 3.63) is 23.3 Å². The third-order valence-electron chi connectivity index (χ3n) is 1.98. The maximum atomic E-state index is 10.7. The molecule has 82 valence electrons. The number of hydrogen-bond acceptors (Lipinski definition) is 5. The van der Waals surface area contributed by atoms with Gasteiger partial charge in [-0.15, -0.1) is 0 Å². The molecule has 0 spiro atoms. The predicted molar refractivity (Wildman–Crippen MR) is 53.6 cm³/mol. The smallest absolute Gasteiger partial charge is 0.165 e. The van der Waals surface area contributed by atoms with E-state index in [9.17, 15) is 4.79 Å². The van der Waals surface area contributed by atoms with Crippen LogP contribution in [0.25, 0.3) is 0 Å². The largest absolute Gasteiger partial charge is 0.493 e. The average molecular weight is 211 g/mol. The molecule has 0 saturated carbocycles. The minimum Gasteiger partial charge on any atom is -0.493 e. The minimum absolute atomic E-state index is 0.182. The monoisotopic (exact) mass is 211 g/mol. The molecule has 0 aliphatic carbocycles. The first-order valence-electron chi connectivity index (χ1n) is 4.33. The van der Waals surface area contributed by atoms with Crippen LogP contribution in [0.1, 0.15) is 15.9 Å². The molecular formula is C10H13NO4. The summed E-state index contributed by atoms with van der Waals surface area (Å²) in [6.07, 6.45) is 0.711. The minimum atomic E-state index is 0.182. The lowest BCUT2D eigenvalue weighted by atomic mass is 10.1. The zero-order valence-electron chi connectivity index (χ0n) is 8.61. The van der Waals surface area contributed by atoms with Gasteiger partial charge in [0.05, 0.1) is 14.2 Å². The van der Waals surface area contributed by atoms with E-state index >= 15 is 0 Å². The molecule has 0 radical (unpaired) electrons. The molecule has 5 nitrogen and oxygen atoms in total. The quantitative estimate of drug-likeness (QED) is 0.561. The molecule has 1 rings (SSSR count). The molecule has 0 amide bonds. The van der Waals surface area contributed by atoms with E-state index < -0.39 is 0 Å². The number of nitrogens with one attached hydrogen (secondary N) is 1. The van der Waals surface area contributed by atoms with Crippen molar-refractivity contribution in [2.75, 3.05) is 14.2 Å². The van der Waals surface area contributed by atoms with Crippen LogP contribution in [0.4, 0.5) is 0 Å². The maximum absolute atomic E-state index is 10.7. The average Bonchev–Trinajstić information content (AvgIpc) is 2.28. The second kappa shape index (κ2) is 5.33. The molecular weight excluding hydrogens is 198 g/mol. The van der Waals surface area contributed by atoms with Gasteiger partial charge in [-0.1, -0.05) is 0 Å². The van der Waals surface area contributed by atoms with Crippen molar-refractivity contribution >= 4 is 6.29 Å².